The highest BCUT2D eigenvalue weighted by Gasteiger charge is 2.25. The van der Waals surface area contributed by atoms with Crippen molar-refractivity contribution in [2.24, 2.45) is 5.92 Å². The van der Waals surface area contributed by atoms with E-state index >= 15 is 0 Å². The number of carbonyl (C=O) groups is 1. The second-order valence-electron chi connectivity index (χ2n) is 6.00. The maximum atomic E-state index is 12.3. The van der Waals surface area contributed by atoms with Gasteiger partial charge >= 0.3 is 0 Å². The summed E-state index contributed by atoms with van der Waals surface area (Å²) in [5.41, 5.74) is 1.23. The van der Waals surface area contributed by atoms with E-state index in [0.29, 0.717) is 6.54 Å². The van der Waals surface area contributed by atoms with Crippen LogP contribution >= 0.6 is 11.6 Å². The van der Waals surface area contributed by atoms with Crippen molar-refractivity contribution in [3.8, 4) is 0 Å². The normalized spacial score (nSPS) is 18.7. The third kappa shape index (κ3) is 4.60. The number of carbonyl (C=O) groups excluding carboxylic acids is 1. The molecule has 1 N–H and O–H groups in total. The number of hydrogen-bond donors (Lipinski definition) is 1. The first kappa shape index (κ1) is 16.1. The topological polar surface area (TPSA) is 45.5 Å². The predicted molar refractivity (Wildman–Crippen MR) is 90.0 cm³/mol. The summed E-state index contributed by atoms with van der Waals surface area (Å²) in [7, 11) is 0. The smallest absolute Gasteiger partial charge is 0.224 e. The van der Waals surface area contributed by atoms with Gasteiger partial charge in [0.1, 0.15) is 5.76 Å². The van der Waals surface area contributed by atoms with Crippen LogP contribution in [0.4, 0.5) is 0 Å². The maximum Gasteiger partial charge on any atom is 0.224 e. The van der Waals surface area contributed by atoms with E-state index in [9.17, 15) is 4.79 Å². The molecule has 23 heavy (non-hydrogen) atoms. The Kier molecular flexibility index (Phi) is 5.36. The summed E-state index contributed by atoms with van der Waals surface area (Å²) in [6.45, 7) is 3.15. The zero-order chi connectivity index (χ0) is 16.1. The van der Waals surface area contributed by atoms with Gasteiger partial charge in [-0.3, -0.25) is 9.69 Å². The van der Waals surface area contributed by atoms with Crippen LogP contribution in [0.15, 0.2) is 47.1 Å². The Morgan fingerprint density at radius 3 is 2.87 bits per heavy atom. The SMILES string of the molecule is O=C(NCc1ccco1)[C@H]1CCCN(Cc2ccc(Cl)cc2)C1. The highest BCUT2D eigenvalue weighted by molar-refractivity contribution is 6.30. The molecular formula is C18H21ClN2O2. The number of amides is 1. The van der Waals surface area contributed by atoms with Gasteiger partial charge in [-0.25, -0.2) is 0 Å². The van der Waals surface area contributed by atoms with E-state index < -0.39 is 0 Å². The summed E-state index contributed by atoms with van der Waals surface area (Å²) >= 11 is 5.92. The Bertz CT molecular complexity index is 625. The van der Waals surface area contributed by atoms with Crippen molar-refractivity contribution >= 4 is 17.5 Å². The lowest BCUT2D eigenvalue weighted by Gasteiger charge is -2.32. The molecule has 1 aromatic heterocycles. The zero-order valence-corrected chi connectivity index (χ0v) is 13.8. The first-order valence-corrected chi connectivity index (χ1v) is 8.35. The van der Waals surface area contributed by atoms with E-state index in [1.54, 1.807) is 6.26 Å². The first-order valence-electron chi connectivity index (χ1n) is 7.97. The lowest BCUT2D eigenvalue weighted by atomic mass is 9.96. The molecule has 3 rings (SSSR count). The number of nitrogens with zero attached hydrogens (tertiary/aromatic N) is 1. The number of likely N-dealkylation sites (tertiary alicyclic amines) is 1. The van der Waals surface area contributed by atoms with Gasteiger partial charge in [0.05, 0.1) is 18.7 Å². The summed E-state index contributed by atoms with van der Waals surface area (Å²) in [5, 5.41) is 3.72. The number of nitrogens with one attached hydrogen (secondary N) is 1. The molecule has 2 aromatic rings. The highest BCUT2D eigenvalue weighted by atomic mass is 35.5. The van der Waals surface area contributed by atoms with Crippen LogP contribution < -0.4 is 5.32 Å². The highest BCUT2D eigenvalue weighted by Crippen LogP contribution is 2.20. The Morgan fingerprint density at radius 2 is 2.13 bits per heavy atom. The maximum absolute atomic E-state index is 12.3. The number of rotatable bonds is 5. The molecule has 4 nitrogen and oxygen atoms in total. The average molecular weight is 333 g/mol. The Morgan fingerprint density at radius 1 is 1.30 bits per heavy atom. The van der Waals surface area contributed by atoms with Crippen molar-refractivity contribution < 1.29 is 9.21 Å². The van der Waals surface area contributed by atoms with Crippen molar-refractivity contribution in [3.63, 3.8) is 0 Å². The lowest BCUT2D eigenvalue weighted by molar-refractivity contribution is -0.127. The fourth-order valence-electron chi connectivity index (χ4n) is 2.99. The molecule has 0 bridgehead atoms. The average Bonchev–Trinajstić information content (AvgIpc) is 3.08. The molecular weight excluding hydrogens is 312 g/mol. The molecule has 0 saturated carbocycles. The van der Waals surface area contributed by atoms with Crippen LogP contribution in [-0.2, 0) is 17.9 Å². The Labute approximate surface area is 141 Å². The molecule has 1 fully saturated rings. The van der Waals surface area contributed by atoms with Crippen molar-refractivity contribution in [1.29, 1.82) is 0 Å². The summed E-state index contributed by atoms with van der Waals surface area (Å²) in [6.07, 6.45) is 3.61. The van der Waals surface area contributed by atoms with Crippen molar-refractivity contribution in [2.45, 2.75) is 25.9 Å². The van der Waals surface area contributed by atoms with Crippen LogP contribution in [0.5, 0.6) is 0 Å². The van der Waals surface area contributed by atoms with E-state index in [1.807, 2.05) is 36.4 Å². The number of furan rings is 1. The molecule has 5 heteroatoms. The Hall–Kier alpha value is -1.78. The van der Waals surface area contributed by atoms with Crippen LogP contribution in [0.1, 0.15) is 24.2 Å². The molecule has 0 spiro atoms. The predicted octanol–water partition coefficient (Wildman–Crippen LogP) is 3.46. The van der Waals surface area contributed by atoms with Crippen LogP contribution in [0, 0.1) is 5.92 Å². The largest absolute Gasteiger partial charge is 0.467 e. The van der Waals surface area contributed by atoms with Gasteiger partial charge in [-0.2, -0.15) is 0 Å². The molecule has 0 aliphatic carbocycles. The van der Waals surface area contributed by atoms with E-state index in [4.69, 9.17) is 16.0 Å². The molecule has 0 radical (unpaired) electrons. The van der Waals surface area contributed by atoms with Crippen LogP contribution in [0.2, 0.25) is 5.02 Å². The van der Waals surface area contributed by atoms with Gasteiger partial charge in [-0.1, -0.05) is 23.7 Å². The summed E-state index contributed by atoms with van der Waals surface area (Å²) in [5.74, 6) is 0.945. The van der Waals surface area contributed by atoms with Crippen molar-refractivity contribution in [3.05, 3.63) is 59.0 Å². The first-order chi connectivity index (χ1) is 11.2. The third-order valence-electron chi connectivity index (χ3n) is 4.21. The quantitative estimate of drug-likeness (QED) is 0.912. The Balaban J connectivity index is 1.51. The molecule has 122 valence electrons. The molecule has 0 unspecified atom stereocenters. The number of benzene rings is 1. The fourth-order valence-corrected chi connectivity index (χ4v) is 3.12. The summed E-state index contributed by atoms with van der Waals surface area (Å²) in [4.78, 5) is 14.7. The van der Waals surface area contributed by atoms with E-state index in [0.717, 1.165) is 43.3 Å². The van der Waals surface area contributed by atoms with Crippen molar-refractivity contribution in [1.82, 2.24) is 10.2 Å². The number of halogens is 1. The van der Waals surface area contributed by atoms with E-state index in [-0.39, 0.29) is 11.8 Å². The third-order valence-corrected chi connectivity index (χ3v) is 4.46. The lowest BCUT2D eigenvalue weighted by Crippen LogP contribution is -2.42. The molecule has 1 atom stereocenters. The van der Waals surface area contributed by atoms with Gasteiger partial charge in [-0.05, 0) is 49.2 Å². The number of piperidine rings is 1. The van der Waals surface area contributed by atoms with Crippen LogP contribution in [0.25, 0.3) is 0 Å². The number of hydrogen-bond acceptors (Lipinski definition) is 3. The molecule has 1 aromatic carbocycles. The monoisotopic (exact) mass is 332 g/mol. The minimum atomic E-state index is 0.0472. The van der Waals surface area contributed by atoms with Gasteiger partial charge in [0.2, 0.25) is 5.91 Å². The molecule has 1 saturated heterocycles. The van der Waals surface area contributed by atoms with Gasteiger partial charge < -0.3 is 9.73 Å². The van der Waals surface area contributed by atoms with Gasteiger partial charge in [-0.15, -0.1) is 0 Å². The summed E-state index contributed by atoms with van der Waals surface area (Å²) < 4.78 is 5.25. The second kappa shape index (κ2) is 7.66. The minimum Gasteiger partial charge on any atom is -0.467 e. The molecule has 1 aliphatic heterocycles. The minimum absolute atomic E-state index is 0.0472. The molecule has 2 heterocycles. The van der Waals surface area contributed by atoms with Gasteiger partial charge in [0.25, 0.3) is 0 Å². The zero-order valence-electron chi connectivity index (χ0n) is 13.0. The van der Waals surface area contributed by atoms with Gasteiger partial charge in [0, 0.05) is 18.1 Å². The van der Waals surface area contributed by atoms with Gasteiger partial charge in [0.15, 0.2) is 0 Å². The summed E-state index contributed by atoms with van der Waals surface area (Å²) in [6, 6.07) is 11.6. The van der Waals surface area contributed by atoms with Crippen molar-refractivity contribution in [2.75, 3.05) is 13.1 Å². The molecule has 1 amide bonds. The second-order valence-corrected chi connectivity index (χ2v) is 6.43. The van der Waals surface area contributed by atoms with E-state index in [1.165, 1.54) is 5.56 Å². The fraction of sp³-hybridized carbons (Fsp3) is 0.389. The van der Waals surface area contributed by atoms with Crippen LogP contribution in [0.3, 0.4) is 0 Å². The molecule has 1 aliphatic rings. The van der Waals surface area contributed by atoms with Crippen LogP contribution in [-0.4, -0.2) is 23.9 Å². The standard InChI is InChI=1S/C18H21ClN2O2/c19-16-7-5-14(6-8-16)12-21-9-1-3-15(13-21)18(22)20-11-17-4-2-10-23-17/h2,4-8,10,15H,1,3,9,11-13H2,(H,20,22)/t15-/m0/s1. The van der Waals surface area contributed by atoms with E-state index in [2.05, 4.69) is 10.2 Å².